The fraction of sp³-hybridized carbons (Fsp3) is 0.346. The molecule has 7 heteroatoms. The molecule has 3 aromatic rings. The highest BCUT2D eigenvalue weighted by atomic mass is 16.6. The number of carbonyl (C=O) groups is 2. The summed E-state index contributed by atoms with van der Waals surface area (Å²) in [7, 11) is 0. The summed E-state index contributed by atoms with van der Waals surface area (Å²) in [5.74, 6) is 1.03. The third-order valence-corrected chi connectivity index (χ3v) is 4.85. The van der Waals surface area contributed by atoms with Crippen molar-refractivity contribution in [2.24, 2.45) is 0 Å². The Kier molecular flexibility index (Phi) is 7.87. The molecule has 2 aromatic carbocycles. The molecular weight excluding hydrogens is 418 g/mol. The van der Waals surface area contributed by atoms with Crippen molar-refractivity contribution < 1.29 is 18.7 Å². The van der Waals surface area contributed by atoms with Crippen molar-refractivity contribution in [1.82, 2.24) is 15.6 Å². The minimum atomic E-state index is -0.609. The SMILES string of the molecule is Cc1ccc(-c2cnc(CCC(=O)NC[C@@H](NC(=O)OC(C)(C)C)c3ccccc3)o2)cc1. The van der Waals surface area contributed by atoms with E-state index in [9.17, 15) is 9.59 Å². The number of ether oxygens (including phenoxy) is 1. The number of aryl methyl sites for hydroxylation is 2. The summed E-state index contributed by atoms with van der Waals surface area (Å²) in [5, 5.41) is 5.72. The molecule has 0 bridgehead atoms. The van der Waals surface area contributed by atoms with Crippen LogP contribution in [0, 0.1) is 6.92 Å². The third-order valence-electron chi connectivity index (χ3n) is 4.85. The predicted octanol–water partition coefficient (Wildman–Crippen LogP) is 4.96. The molecule has 0 saturated carbocycles. The second kappa shape index (κ2) is 10.8. The number of aromatic nitrogens is 1. The van der Waals surface area contributed by atoms with Crippen molar-refractivity contribution >= 4 is 12.0 Å². The van der Waals surface area contributed by atoms with Gasteiger partial charge in [-0.2, -0.15) is 0 Å². The first-order valence-electron chi connectivity index (χ1n) is 11.0. The number of nitrogens with zero attached hydrogens (tertiary/aromatic N) is 1. The zero-order chi connectivity index (χ0) is 23.8. The van der Waals surface area contributed by atoms with Gasteiger partial charge in [0.05, 0.1) is 12.2 Å². The zero-order valence-corrected chi connectivity index (χ0v) is 19.6. The van der Waals surface area contributed by atoms with E-state index >= 15 is 0 Å². The Balaban J connectivity index is 1.53. The van der Waals surface area contributed by atoms with Crippen molar-refractivity contribution in [3.05, 3.63) is 77.8 Å². The number of hydrogen-bond donors (Lipinski definition) is 2. The van der Waals surface area contributed by atoms with Crippen LogP contribution in [0.25, 0.3) is 11.3 Å². The summed E-state index contributed by atoms with van der Waals surface area (Å²) >= 11 is 0. The van der Waals surface area contributed by atoms with Crippen LogP contribution in [0.2, 0.25) is 0 Å². The molecule has 0 fully saturated rings. The van der Waals surface area contributed by atoms with Gasteiger partial charge in [-0.3, -0.25) is 4.79 Å². The van der Waals surface area contributed by atoms with Crippen LogP contribution in [0.1, 0.15) is 50.3 Å². The van der Waals surface area contributed by atoms with Crippen molar-refractivity contribution in [2.45, 2.75) is 52.2 Å². The number of alkyl carbamates (subject to hydrolysis) is 1. The molecule has 0 radical (unpaired) electrons. The number of benzene rings is 2. The van der Waals surface area contributed by atoms with E-state index in [2.05, 4.69) is 15.6 Å². The maximum Gasteiger partial charge on any atom is 0.408 e. The summed E-state index contributed by atoms with van der Waals surface area (Å²) in [6.45, 7) is 7.68. The normalized spacial score (nSPS) is 12.1. The summed E-state index contributed by atoms with van der Waals surface area (Å²) in [5.41, 5.74) is 2.38. The second-order valence-corrected chi connectivity index (χ2v) is 8.90. The van der Waals surface area contributed by atoms with Gasteiger partial charge in [0.2, 0.25) is 5.91 Å². The highest BCUT2D eigenvalue weighted by molar-refractivity contribution is 5.76. The Bertz CT molecular complexity index is 1050. The van der Waals surface area contributed by atoms with Gasteiger partial charge in [-0.05, 0) is 33.3 Å². The Morgan fingerprint density at radius 1 is 1.06 bits per heavy atom. The fourth-order valence-electron chi connectivity index (χ4n) is 3.19. The largest absolute Gasteiger partial charge is 0.444 e. The first-order valence-corrected chi connectivity index (χ1v) is 11.0. The summed E-state index contributed by atoms with van der Waals surface area (Å²) in [6.07, 6.45) is 1.75. The van der Waals surface area contributed by atoms with Gasteiger partial charge in [-0.25, -0.2) is 9.78 Å². The average molecular weight is 450 g/mol. The van der Waals surface area contributed by atoms with E-state index in [-0.39, 0.29) is 18.9 Å². The van der Waals surface area contributed by atoms with Crippen molar-refractivity contribution in [3.8, 4) is 11.3 Å². The highest BCUT2D eigenvalue weighted by Gasteiger charge is 2.21. The van der Waals surface area contributed by atoms with Gasteiger partial charge in [0, 0.05) is 24.9 Å². The minimum absolute atomic E-state index is 0.156. The molecule has 1 atom stereocenters. The van der Waals surface area contributed by atoms with Gasteiger partial charge in [0.1, 0.15) is 5.60 Å². The Morgan fingerprint density at radius 2 is 1.76 bits per heavy atom. The van der Waals surface area contributed by atoms with Crippen molar-refractivity contribution in [2.75, 3.05) is 6.54 Å². The van der Waals surface area contributed by atoms with Gasteiger partial charge in [0.25, 0.3) is 0 Å². The molecule has 2 amide bonds. The van der Waals surface area contributed by atoms with Crippen LogP contribution in [0.5, 0.6) is 0 Å². The molecule has 2 N–H and O–H groups in total. The van der Waals surface area contributed by atoms with E-state index in [0.29, 0.717) is 18.1 Å². The van der Waals surface area contributed by atoms with Crippen LogP contribution < -0.4 is 10.6 Å². The lowest BCUT2D eigenvalue weighted by atomic mass is 10.1. The van der Waals surface area contributed by atoms with Crippen molar-refractivity contribution in [1.29, 1.82) is 0 Å². The van der Waals surface area contributed by atoms with Crippen LogP contribution >= 0.6 is 0 Å². The molecule has 3 rings (SSSR count). The maximum absolute atomic E-state index is 12.5. The van der Waals surface area contributed by atoms with Gasteiger partial charge in [-0.15, -0.1) is 0 Å². The minimum Gasteiger partial charge on any atom is -0.444 e. The van der Waals surface area contributed by atoms with Crippen LogP contribution in [0.4, 0.5) is 4.79 Å². The van der Waals surface area contributed by atoms with E-state index in [1.807, 2.05) is 61.5 Å². The lowest BCUT2D eigenvalue weighted by Crippen LogP contribution is -2.40. The van der Waals surface area contributed by atoms with E-state index in [1.165, 1.54) is 5.56 Å². The third kappa shape index (κ3) is 7.79. The lowest BCUT2D eigenvalue weighted by molar-refractivity contribution is -0.121. The van der Waals surface area contributed by atoms with E-state index in [1.54, 1.807) is 27.0 Å². The number of oxazole rings is 1. The zero-order valence-electron chi connectivity index (χ0n) is 19.6. The summed E-state index contributed by atoms with van der Waals surface area (Å²) in [4.78, 5) is 29.0. The molecule has 0 aliphatic heterocycles. The number of nitrogens with one attached hydrogen (secondary N) is 2. The van der Waals surface area contributed by atoms with E-state index in [4.69, 9.17) is 9.15 Å². The molecule has 33 heavy (non-hydrogen) atoms. The van der Waals surface area contributed by atoms with Gasteiger partial charge < -0.3 is 19.8 Å². The van der Waals surface area contributed by atoms with Gasteiger partial charge in [-0.1, -0.05) is 60.2 Å². The molecule has 1 heterocycles. The molecule has 0 saturated heterocycles. The molecule has 7 nitrogen and oxygen atoms in total. The molecule has 0 aliphatic rings. The first kappa shape index (κ1) is 24.0. The Morgan fingerprint density at radius 3 is 2.42 bits per heavy atom. The van der Waals surface area contributed by atoms with Gasteiger partial charge >= 0.3 is 6.09 Å². The Hall–Kier alpha value is -3.61. The molecule has 174 valence electrons. The maximum atomic E-state index is 12.5. The number of carbonyl (C=O) groups excluding carboxylic acids is 2. The van der Waals surface area contributed by atoms with Crippen LogP contribution in [-0.2, 0) is 16.0 Å². The van der Waals surface area contributed by atoms with E-state index < -0.39 is 17.7 Å². The summed E-state index contributed by atoms with van der Waals surface area (Å²) in [6, 6.07) is 17.0. The van der Waals surface area contributed by atoms with Crippen molar-refractivity contribution in [3.63, 3.8) is 0 Å². The molecule has 0 aliphatic carbocycles. The quantitative estimate of drug-likeness (QED) is 0.507. The Labute approximate surface area is 194 Å². The lowest BCUT2D eigenvalue weighted by Gasteiger charge is -2.24. The molecule has 1 aromatic heterocycles. The van der Waals surface area contributed by atoms with Crippen LogP contribution in [0.15, 0.2) is 65.2 Å². The second-order valence-electron chi connectivity index (χ2n) is 8.90. The van der Waals surface area contributed by atoms with E-state index in [0.717, 1.165) is 11.1 Å². The molecular formula is C26H31N3O4. The molecule has 0 unspecified atom stereocenters. The smallest absolute Gasteiger partial charge is 0.408 e. The van der Waals surface area contributed by atoms with Crippen LogP contribution in [0.3, 0.4) is 0 Å². The highest BCUT2D eigenvalue weighted by Crippen LogP contribution is 2.21. The monoisotopic (exact) mass is 449 g/mol. The number of amides is 2. The predicted molar refractivity (Wildman–Crippen MR) is 127 cm³/mol. The molecule has 0 spiro atoms. The van der Waals surface area contributed by atoms with Gasteiger partial charge in [0.15, 0.2) is 11.7 Å². The van der Waals surface area contributed by atoms with Crippen LogP contribution in [-0.4, -0.2) is 29.1 Å². The first-order chi connectivity index (χ1) is 15.7. The standard InChI is InChI=1S/C26H31N3O4/c1-18-10-12-20(13-11-18)22-17-28-24(32-22)15-14-23(30)27-16-21(19-8-6-5-7-9-19)29-25(31)33-26(2,3)4/h5-13,17,21H,14-16H2,1-4H3,(H,27,30)(H,29,31)/t21-/m1/s1. The average Bonchev–Trinajstić information content (AvgIpc) is 3.24. The topological polar surface area (TPSA) is 93.5 Å². The fourth-order valence-corrected chi connectivity index (χ4v) is 3.19. The number of rotatable bonds is 8. The summed E-state index contributed by atoms with van der Waals surface area (Å²) < 4.78 is 11.2. The number of hydrogen-bond acceptors (Lipinski definition) is 5.